The van der Waals surface area contributed by atoms with Crippen LogP contribution in [0.5, 0.6) is 5.75 Å². The molecule has 0 spiro atoms. The number of carbonyl (C=O) groups excluding carboxylic acids is 1. The Morgan fingerprint density at radius 1 is 1.11 bits per heavy atom. The summed E-state index contributed by atoms with van der Waals surface area (Å²) in [5.41, 5.74) is 2.07. The second-order valence-corrected chi connectivity index (χ2v) is 7.78. The van der Waals surface area contributed by atoms with Crippen LogP contribution in [0.3, 0.4) is 0 Å². The summed E-state index contributed by atoms with van der Waals surface area (Å²) in [6, 6.07) is 10.6. The topological polar surface area (TPSA) is 41.6 Å². The quantitative estimate of drug-likeness (QED) is 0.448. The lowest BCUT2D eigenvalue weighted by atomic mass is 10.1. The maximum Gasteiger partial charge on any atom is 0.276 e. The molecule has 28 heavy (non-hydrogen) atoms. The van der Waals surface area contributed by atoms with E-state index >= 15 is 0 Å². The Hall–Kier alpha value is -1.79. The maximum absolute atomic E-state index is 12.4. The van der Waals surface area contributed by atoms with Crippen LogP contribution in [0.2, 0.25) is 15.1 Å². The Labute approximate surface area is 184 Å². The molecular weight excluding hydrogens is 439 g/mol. The Balaban J connectivity index is 1.71. The third-order valence-corrected chi connectivity index (χ3v) is 5.41. The molecule has 8 heteroatoms. The fourth-order valence-corrected chi connectivity index (χ4v) is 3.53. The van der Waals surface area contributed by atoms with Crippen molar-refractivity contribution >= 4 is 64.1 Å². The number of amides is 1. The monoisotopic (exact) mass is 454 g/mol. The van der Waals surface area contributed by atoms with Gasteiger partial charge >= 0.3 is 0 Å². The predicted octanol–water partition coefficient (Wildman–Crippen LogP) is 5.69. The van der Waals surface area contributed by atoms with Gasteiger partial charge in [-0.3, -0.25) is 9.69 Å². The van der Waals surface area contributed by atoms with E-state index in [1.54, 1.807) is 35.2 Å². The number of halogens is 3. The van der Waals surface area contributed by atoms with Crippen LogP contribution in [0, 0.1) is 0 Å². The van der Waals surface area contributed by atoms with Gasteiger partial charge in [0, 0.05) is 6.54 Å². The number of hydrogen-bond donors (Lipinski definition) is 1. The lowest BCUT2D eigenvalue weighted by molar-refractivity contribution is -0.122. The van der Waals surface area contributed by atoms with Crippen molar-refractivity contribution in [1.82, 2.24) is 10.2 Å². The minimum atomic E-state index is -0.136. The number of ether oxygens (including phenoxy) is 1. The molecule has 3 rings (SSSR count). The molecule has 0 aromatic heterocycles. The third kappa shape index (κ3) is 4.78. The Kier molecular flexibility index (Phi) is 6.83. The molecule has 0 radical (unpaired) electrons. The summed E-state index contributed by atoms with van der Waals surface area (Å²) < 4.78 is 5.76. The van der Waals surface area contributed by atoms with E-state index < -0.39 is 0 Å². The van der Waals surface area contributed by atoms with Gasteiger partial charge in [-0.2, -0.15) is 0 Å². The summed E-state index contributed by atoms with van der Waals surface area (Å²) in [5.74, 6) is 0.395. The normalized spacial score (nSPS) is 15.3. The molecule has 2 aromatic carbocycles. The minimum Gasteiger partial charge on any atom is -0.487 e. The Morgan fingerprint density at radius 2 is 1.89 bits per heavy atom. The van der Waals surface area contributed by atoms with Gasteiger partial charge < -0.3 is 10.1 Å². The Bertz CT molecular complexity index is 962. The average Bonchev–Trinajstić information content (AvgIpc) is 2.91. The van der Waals surface area contributed by atoms with Crippen LogP contribution >= 0.6 is 47.0 Å². The molecule has 0 atom stereocenters. The first-order chi connectivity index (χ1) is 13.4. The highest BCUT2D eigenvalue weighted by atomic mass is 35.5. The lowest BCUT2D eigenvalue weighted by Crippen LogP contribution is -2.31. The molecule has 1 fully saturated rings. The number of hydrogen-bond acceptors (Lipinski definition) is 3. The first-order valence-corrected chi connectivity index (χ1v) is 10.1. The van der Waals surface area contributed by atoms with Gasteiger partial charge in [-0.15, -0.1) is 0 Å². The van der Waals surface area contributed by atoms with Crippen molar-refractivity contribution in [3.05, 3.63) is 68.3 Å². The summed E-state index contributed by atoms with van der Waals surface area (Å²) in [7, 11) is 0. The highest BCUT2D eigenvalue weighted by Gasteiger charge is 2.29. The highest BCUT2D eigenvalue weighted by molar-refractivity contribution is 7.80. The van der Waals surface area contributed by atoms with Gasteiger partial charge in [0.25, 0.3) is 5.91 Å². The number of benzene rings is 2. The summed E-state index contributed by atoms with van der Waals surface area (Å²) in [6.07, 6.45) is 2.55. The molecule has 1 aliphatic heterocycles. The van der Waals surface area contributed by atoms with Crippen molar-refractivity contribution in [3.8, 4) is 5.75 Å². The first-order valence-electron chi connectivity index (χ1n) is 8.60. The van der Waals surface area contributed by atoms with Crippen molar-refractivity contribution < 1.29 is 9.53 Å². The van der Waals surface area contributed by atoms with Gasteiger partial charge in [0.15, 0.2) is 5.11 Å². The van der Waals surface area contributed by atoms with Gasteiger partial charge in [-0.1, -0.05) is 53.9 Å². The van der Waals surface area contributed by atoms with Crippen molar-refractivity contribution in [2.75, 3.05) is 6.54 Å². The Morgan fingerprint density at radius 3 is 2.57 bits per heavy atom. The zero-order valence-corrected chi connectivity index (χ0v) is 18.1. The average molecular weight is 456 g/mol. The second-order valence-electron chi connectivity index (χ2n) is 6.17. The highest BCUT2D eigenvalue weighted by Crippen LogP contribution is 2.29. The van der Waals surface area contributed by atoms with Crippen molar-refractivity contribution in [2.45, 2.75) is 20.0 Å². The van der Waals surface area contributed by atoms with Crippen molar-refractivity contribution in [3.63, 3.8) is 0 Å². The minimum absolute atomic E-state index is 0.136. The molecule has 0 bridgehead atoms. The second kappa shape index (κ2) is 9.14. The molecule has 1 aliphatic rings. The molecule has 0 aliphatic carbocycles. The van der Waals surface area contributed by atoms with Gasteiger partial charge in [-0.25, -0.2) is 0 Å². The van der Waals surface area contributed by atoms with Crippen LogP contribution in [0.4, 0.5) is 0 Å². The van der Waals surface area contributed by atoms with E-state index in [1.807, 2.05) is 19.1 Å². The largest absolute Gasteiger partial charge is 0.487 e. The zero-order valence-electron chi connectivity index (χ0n) is 15.0. The number of nitrogens with zero attached hydrogens (tertiary/aromatic N) is 1. The third-order valence-electron chi connectivity index (χ3n) is 4.05. The van der Waals surface area contributed by atoms with E-state index in [1.165, 1.54) is 0 Å². The molecule has 0 saturated carbocycles. The molecule has 146 valence electrons. The van der Waals surface area contributed by atoms with Crippen LogP contribution in [-0.4, -0.2) is 22.5 Å². The van der Waals surface area contributed by atoms with Gasteiger partial charge in [0.2, 0.25) is 0 Å². The number of thiocarbonyl (C=S) groups is 1. The molecule has 1 N–H and O–H groups in total. The molecule has 1 amide bonds. The van der Waals surface area contributed by atoms with E-state index in [0.29, 0.717) is 44.8 Å². The first kappa shape index (κ1) is 20.9. The fraction of sp³-hybridized carbons (Fsp3) is 0.200. The van der Waals surface area contributed by atoms with Crippen molar-refractivity contribution in [2.24, 2.45) is 0 Å². The molecule has 1 saturated heterocycles. The molecule has 2 aromatic rings. The summed E-state index contributed by atoms with van der Waals surface area (Å²) in [4.78, 5) is 14.0. The van der Waals surface area contributed by atoms with Crippen LogP contribution in [0.25, 0.3) is 6.08 Å². The molecule has 4 nitrogen and oxygen atoms in total. The summed E-state index contributed by atoms with van der Waals surface area (Å²) in [5, 5.41) is 4.77. The van der Waals surface area contributed by atoms with Crippen molar-refractivity contribution in [1.29, 1.82) is 0 Å². The summed E-state index contributed by atoms with van der Waals surface area (Å²) >= 11 is 23.5. The number of rotatable bonds is 6. The van der Waals surface area contributed by atoms with Crippen LogP contribution < -0.4 is 10.1 Å². The van der Waals surface area contributed by atoms with Crippen LogP contribution in [-0.2, 0) is 11.4 Å². The maximum atomic E-state index is 12.4. The number of nitrogens with one attached hydrogen (secondary N) is 1. The molecule has 1 heterocycles. The van der Waals surface area contributed by atoms with E-state index in [-0.39, 0.29) is 5.91 Å². The molecule has 0 unspecified atom stereocenters. The van der Waals surface area contributed by atoms with E-state index in [9.17, 15) is 4.79 Å². The van der Waals surface area contributed by atoms with Gasteiger partial charge in [-0.05, 0) is 60.1 Å². The standard InChI is InChI=1S/C20H17Cl3N2O2S/c1-2-7-25-19(26)17(24-20(25)28)10-12-4-6-18(16(23)8-12)27-11-13-3-5-14(21)15(22)9-13/h3-6,8-10H,2,7,11H2,1H3,(H,24,28)/b17-10-. The SMILES string of the molecule is CCCN1C(=O)/C(=C/c2ccc(OCc3ccc(Cl)c(Cl)c3)c(Cl)c2)NC1=S. The smallest absolute Gasteiger partial charge is 0.276 e. The van der Waals surface area contributed by atoms with Crippen LogP contribution in [0.15, 0.2) is 42.1 Å². The summed E-state index contributed by atoms with van der Waals surface area (Å²) in [6.45, 7) is 2.88. The predicted molar refractivity (Wildman–Crippen MR) is 118 cm³/mol. The van der Waals surface area contributed by atoms with Crippen LogP contribution in [0.1, 0.15) is 24.5 Å². The lowest BCUT2D eigenvalue weighted by Gasteiger charge is -2.11. The van der Waals surface area contributed by atoms with Gasteiger partial charge in [0.1, 0.15) is 18.1 Å². The van der Waals surface area contributed by atoms with Gasteiger partial charge in [0.05, 0.1) is 15.1 Å². The fourth-order valence-electron chi connectivity index (χ4n) is 2.68. The zero-order chi connectivity index (χ0) is 20.3. The number of carbonyl (C=O) groups is 1. The van der Waals surface area contributed by atoms with E-state index in [4.69, 9.17) is 51.8 Å². The molecular formula is C20H17Cl3N2O2S. The van der Waals surface area contributed by atoms with E-state index in [2.05, 4.69) is 5.32 Å². The van der Waals surface area contributed by atoms with E-state index in [0.717, 1.165) is 17.5 Å².